The average molecular weight is 418 g/mol. The van der Waals surface area contributed by atoms with Gasteiger partial charge in [0.2, 0.25) is 0 Å². The number of aromatic nitrogens is 1. The fraction of sp³-hybridized carbons (Fsp3) is 0.350. The maximum absolute atomic E-state index is 13.7. The highest BCUT2D eigenvalue weighted by Gasteiger charge is 2.39. The number of carbonyl (C=O) groups excluding carboxylic acids is 2. The summed E-state index contributed by atoms with van der Waals surface area (Å²) in [5.41, 5.74) is -1.87. The van der Waals surface area contributed by atoms with E-state index in [9.17, 15) is 28.3 Å². The van der Waals surface area contributed by atoms with Crippen molar-refractivity contribution in [3.63, 3.8) is 0 Å². The molecule has 1 aromatic carbocycles. The van der Waals surface area contributed by atoms with Gasteiger partial charge >= 0.3 is 0 Å². The van der Waals surface area contributed by atoms with E-state index in [1.54, 1.807) is 0 Å². The minimum Gasteiger partial charge on any atom is -0.868 e. The second-order valence-corrected chi connectivity index (χ2v) is 7.30. The Bertz CT molecular complexity index is 1100. The number of nitrogens with zero attached hydrogens (tertiary/aromatic N) is 2. The third-order valence-electron chi connectivity index (χ3n) is 5.36. The lowest BCUT2D eigenvalue weighted by molar-refractivity contribution is -0.271. The van der Waals surface area contributed by atoms with Gasteiger partial charge in [0.25, 0.3) is 11.8 Å². The van der Waals surface area contributed by atoms with Crippen LogP contribution in [0.15, 0.2) is 29.2 Å². The number of nitrogens with one attached hydrogen (secondary N) is 1. The number of pyridine rings is 1. The molecule has 2 aromatic rings. The van der Waals surface area contributed by atoms with Crippen LogP contribution in [0.2, 0.25) is 0 Å². The molecule has 1 saturated heterocycles. The first-order valence-electron chi connectivity index (χ1n) is 9.38. The third kappa shape index (κ3) is 3.32. The van der Waals surface area contributed by atoms with Crippen molar-refractivity contribution in [2.45, 2.75) is 38.7 Å². The number of halogens is 2. The van der Waals surface area contributed by atoms with E-state index in [0.717, 1.165) is 12.3 Å². The number of benzene rings is 1. The predicted octanol–water partition coefficient (Wildman–Crippen LogP) is 0.721. The lowest BCUT2D eigenvalue weighted by Crippen LogP contribution is -2.57. The quantitative estimate of drug-likeness (QED) is 0.791. The molecule has 0 aliphatic carbocycles. The van der Waals surface area contributed by atoms with Gasteiger partial charge in [0, 0.05) is 30.4 Å². The summed E-state index contributed by atoms with van der Waals surface area (Å²) in [5, 5.41) is 14.9. The van der Waals surface area contributed by atoms with Gasteiger partial charge in [-0.2, -0.15) is 0 Å². The summed E-state index contributed by atoms with van der Waals surface area (Å²) in [7, 11) is 0. The van der Waals surface area contributed by atoms with Gasteiger partial charge in [-0.05, 0) is 25.2 Å². The average Bonchev–Trinajstić information content (AvgIpc) is 2.69. The second-order valence-electron chi connectivity index (χ2n) is 7.30. The molecular weight excluding hydrogens is 400 g/mol. The summed E-state index contributed by atoms with van der Waals surface area (Å²) < 4.78 is 33.6. The Hall–Kier alpha value is -3.27. The zero-order chi connectivity index (χ0) is 21.6. The summed E-state index contributed by atoms with van der Waals surface area (Å²) in [6.07, 6.45) is 1.16. The molecule has 8 nitrogen and oxygen atoms in total. The molecular formula is C20H18F2N3O5-. The maximum atomic E-state index is 13.7. The van der Waals surface area contributed by atoms with Crippen molar-refractivity contribution in [2.24, 2.45) is 0 Å². The van der Waals surface area contributed by atoms with Gasteiger partial charge in [0.1, 0.15) is 22.9 Å². The van der Waals surface area contributed by atoms with E-state index in [1.165, 1.54) is 15.5 Å². The second kappa shape index (κ2) is 7.52. The molecule has 158 valence electrons. The van der Waals surface area contributed by atoms with Crippen LogP contribution in [0.3, 0.4) is 0 Å². The maximum Gasteiger partial charge on any atom is 0.272 e. The Balaban J connectivity index is 1.63. The van der Waals surface area contributed by atoms with Crippen LogP contribution in [0, 0.1) is 11.6 Å². The van der Waals surface area contributed by atoms with Crippen molar-refractivity contribution < 1.29 is 28.2 Å². The van der Waals surface area contributed by atoms with Crippen LogP contribution >= 0.6 is 0 Å². The number of rotatable bonds is 3. The summed E-state index contributed by atoms with van der Waals surface area (Å²) in [5.74, 6) is -4.19. The van der Waals surface area contributed by atoms with Gasteiger partial charge in [0.05, 0.1) is 13.2 Å². The standard InChI is InChI=1S/C20H19F2N3O5/c1-10-4-5-30-15-9-24-8-13(17(26)18(27)16(24)20(29)25(10)15)19(28)23-7-11-2-3-12(21)6-14(11)22/h2-3,6,8,10,15,27H,4-5,7,9H2,1H3,(H,23,28)/p-1/t10-,15+/m1/s1. The first-order chi connectivity index (χ1) is 14.3. The molecule has 0 spiro atoms. The fourth-order valence-electron chi connectivity index (χ4n) is 3.74. The molecule has 30 heavy (non-hydrogen) atoms. The minimum absolute atomic E-state index is 0.0144. The molecule has 2 aliphatic heterocycles. The zero-order valence-corrected chi connectivity index (χ0v) is 16.0. The highest BCUT2D eigenvalue weighted by molar-refractivity contribution is 5.99. The molecule has 1 aromatic heterocycles. The van der Waals surface area contributed by atoms with Gasteiger partial charge in [-0.1, -0.05) is 6.07 Å². The number of hydrogen-bond acceptors (Lipinski definition) is 5. The molecule has 2 amide bonds. The van der Waals surface area contributed by atoms with Crippen molar-refractivity contribution in [3.05, 3.63) is 63.1 Å². The van der Waals surface area contributed by atoms with Crippen LogP contribution in [0.25, 0.3) is 0 Å². The van der Waals surface area contributed by atoms with E-state index in [2.05, 4.69) is 5.32 Å². The summed E-state index contributed by atoms with van der Waals surface area (Å²) in [4.78, 5) is 39.2. The summed E-state index contributed by atoms with van der Waals surface area (Å²) in [6, 6.07) is 2.73. The Morgan fingerprint density at radius 2 is 2.10 bits per heavy atom. The van der Waals surface area contributed by atoms with E-state index in [-0.39, 0.29) is 30.4 Å². The van der Waals surface area contributed by atoms with E-state index in [0.29, 0.717) is 19.1 Å². The van der Waals surface area contributed by atoms with Crippen LogP contribution in [0.1, 0.15) is 39.8 Å². The molecule has 2 atom stereocenters. The zero-order valence-electron chi connectivity index (χ0n) is 16.0. The lowest BCUT2D eigenvalue weighted by atomic mass is 10.1. The van der Waals surface area contributed by atoms with Crippen molar-refractivity contribution in [1.82, 2.24) is 14.8 Å². The smallest absolute Gasteiger partial charge is 0.272 e. The first-order valence-corrected chi connectivity index (χ1v) is 9.38. The Morgan fingerprint density at radius 1 is 1.33 bits per heavy atom. The molecule has 0 saturated carbocycles. The van der Waals surface area contributed by atoms with Gasteiger partial charge < -0.3 is 24.6 Å². The van der Waals surface area contributed by atoms with E-state index < -0.39 is 46.4 Å². The lowest BCUT2D eigenvalue weighted by Gasteiger charge is -2.45. The van der Waals surface area contributed by atoms with Crippen molar-refractivity contribution in [2.75, 3.05) is 6.61 Å². The highest BCUT2D eigenvalue weighted by atomic mass is 19.1. The van der Waals surface area contributed by atoms with Crippen molar-refractivity contribution in [3.8, 4) is 5.75 Å². The van der Waals surface area contributed by atoms with Gasteiger partial charge in [-0.15, -0.1) is 0 Å². The molecule has 4 rings (SSSR count). The highest BCUT2D eigenvalue weighted by Crippen LogP contribution is 2.28. The monoisotopic (exact) mass is 418 g/mol. The predicted molar refractivity (Wildman–Crippen MR) is 97.7 cm³/mol. The Kier molecular flexibility index (Phi) is 5.02. The molecule has 1 N–H and O–H groups in total. The molecule has 0 radical (unpaired) electrons. The topological polar surface area (TPSA) is 104 Å². The Labute approximate surface area is 169 Å². The van der Waals surface area contributed by atoms with E-state index >= 15 is 0 Å². The Morgan fingerprint density at radius 3 is 2.83 bits per heavy atom. The van der Waals surface area contributed by atoms with Gasteiger partial charge in [-0.3, -0.25) is 14.4 Å². The van der Waals surface area contributed by atoms with E-state index in [1.807, 2.05) is 6.92 Å². The van der Waals surface area contributed by atoms with Crippen LogP contribution in [-0.2, 0) is 17.8 Å². The molecule has 3 heterocycles. The van der Waals surface area contributed by atoms with Crippen LogP contribution in [0.5, 0.6) is 5.75 Å². The molecule has 2 aliphatic rings. The van der Waals surface area contributed by atoms with Crippen LogP contribution < -0.4 is 15.9 Å². The number of amides is 2. The number of fused-ring (bicyclic) bond motifs is 2. The summed E-state index contributed by atoms with van der Waals surface area (Å²) in [6.45, 7) is 2.08. The molecule has 0 bridgehead atoms. The largest absolute Gasteiger partial charge is 0.868 e. The van der Waals surface area contributed by atoms with Crippen molar-refractivity contribution in [1.29, 1.82) is 0 Å². The number of hydrogen-bond donors (Lipinski definition) is 1. The summed E-state index contributed by atoms with van der Waals surface area (Å²) >= 11 is 0. The molecule has 10 heteroatoms. The van der Waals surface area contributed by atoms with Gasteiger partial charge in [0.15, 0.2) is 11.7 Å². The third-order valence-corrected chi connectivity index (χ3v) is 5.36. The molecule has 0 unspecified atom stereocenters. The normalized spacial score (nSPS) is 20.5. The number of carbonyl (C=O) groups is 2. The van der Waals surface area contributed by atoms with E-state index in [4.69, 9.17) is 4.74 Å². The minimum atomic E-state index is -1.12. The fourth-order valence-corrected chi connectivity index (χ4v) is 3.74. The first kappa shape index (κ1) is 20.0. The molecule has 1 fully saturated rings. The van der Waals surface area contributed by atoms with Crippen molar-refractivity contribution >= 4 is 11.8 Å². The SMILES string of the molecule is C[C@@H]1CCO[C@H]2Cn3cc(C(=O)NCc4ccc(F)cc4F)c(=O)c([O-])c3C(=O)N12. The van der Waals surface area contributed by atoms with Crippen LogP contribution in [0.4, 0.5) is 8.78 Å². The van der Waals surface area contributed by atoms with Crippen LogP contribution in [-0.4, -0.2) is 40.2 Å². The van der Waals surface area contributed by atoms with Gasteiger partial charge in [-0.25, -0.2) is 8.78 Å². The number of ether oxygens (including phenoxy) is 1.